The lowest BCUT2D eigenvalue weighted by atomic mass is 10.1. The van der Waals surface area contributed by atoms with Crippen LogP contribution in [0.3, 0.4) is 0 Å². The number of carbonyl (C=O) groups is 2. The van der Waals surface area contributed by atoms with Crippen molar-refractivity contribution < 1.29 is 9.59 Å². The van der Waals surface area contributed by atoms with Gasteiger partial charge in [0.25, 0.3) is 17.4 Å². The van der Waals surface area contributed by atoms with Crippen LogP contribution in [0.15, 0.2) is 93.3 Å². The number of rotatable bonds is 8. The number of aromatic nitrogens is 2. The molecule has 38 heavy (non-hydrogen) atoms. The molecule has 0 fully saturated rings. The van der Waals surface area contributed by atoms with Crippen molar-refractivity contribution in [1.29, 1.82) is 0 Å². The molecule has 8 heteroatoms. The summed E-state index contributed by atoms with van der Waals surface area (Å²) in [6.07, 6.45) is 2.92. The van der Waals surface area contributed by atoms with Crippen molar-refractivity contribution in [1.82, 2.24) is 14.0 Å². The Hall–Kier alpha value is -4.17. The average molecular weight is 526 g/mol. The van der Waals surface area contributed by atoms with Crippen LogP contribution in [0.4, 0.5) is 0 Å². The van der Waals surface area contributed by atoms with E-state index in [1.54, 1.807) is 40.6 Å². The van der Waals surface area contributed by atoms with Crippen molar-refractivity contribution in [2.45, 2.75) is 31.2 Å². The topological polar surface area (TPSA) is 81.4 Å². The van der Waals surface area contributed by atoms with Gasteiger partial charge in [-0.05, 0) is 68.0 Å². The standard InChI is InChI=1S/C30H27N3O4S/c1-20-9-13-22(14-10-20)33-26(21-11-15-23(38-2)16-12-21)19-27(34)31(30(33)37)17-5-6-18-32-28(35)24-7-3-4-8-25(24)29(32)36/h3-4,7-16,19H,5-6,17-18H2,1-2H3. The van der Waals surface area contributed by atoms with Crippen molar-refractivity contribution in [3.8, 4) is 16.9 Å². The molecule has 1 aromatic heterocycles. The third-order valence-corrected chi connectivity index (χ3v) is 7.50. The Bertz CT molecular complexity index is 1600. The molecule has 4 aromatic rings. The maximum Gasteiger partial charge on any atom is 0.336 e. The largest absolute Gasteiger partial charge is 0.336 e. The van der Waals surface area contributed by atoms with Crippen LogP contribution in [0.25, 0.3) is 16.9 Å². The van der Waals surface area contributed by atoms with Gasteiger partial charge in [0.05, 0.1) is 22.5 Å². The summed E-state index contributed by atoms with van der Waals surface area (Å²) >= 11 is 1.62. The smallest absolute Gasteiger partial charge is 0.274 e. The summed E-state index contributed by atoms with van der Waals surface area (Å²) < 4.78 is 2.79. The zero-order chi connectivity index (χ0) is 26.8. The Balaban J connectivity index is 1.41. The summed E-state index contributed by atoms with van der Waals surface area (Å²) in [4.78, 5) is 54.4. The molecule has 0 unspecified atom stereocenters. The number of unbranched alkanes of at least 4 members (excludes halogenated alkanes) is 1. The van der Waals surface area contributed by atoms with E-state index in [9.17, 15) is 19.2 Å². The second-order valence-electron chi connectivity index (χ2n) is 9.22. The third kappa shape index (κ3) is 4.75. The highest BCUT2D eigenvalue weighted by Gasteiger charge is 2.34. The minimum absolute atomic E-state index is 0.179. The van der Waals surface area contributed by atoms with Gasteiger partial charge in [-0.3, -0.25) is 28.4 Å². The highest BCUT2D eigenvalue weighted by molar-refractivity contribution is 7.98. The van der Waals surface area contributed by atoms with Gasteiger partial charge in [-0.1, -0.05) is 42.0 Å². The number of nitrogens with zero attached hydrogens (tertiary/aromatic N) is 3. The van der Waals surface area contributed by atoms with Gasteiger partial charge in [0, 0.05) is 24.1 Å². The predicted octanol–water partition coefficient (Wildman–Crippen LogP) is 4.77. The van der Waals surface area contributed by atoms with Gasteiger partial charge in [-0.15, -0.1) is 11.8 Å². The van der Waals surface area contributed by atoms with Crippen molar-refractivity contribution in [3.05, 3.63) is 116 Å². The van der Waals surface area contributed by atoms with Gasteiger partial charge < -0.3 is 0 Å². The molecule has 7 nitrogen and oxygen atoms in total. The summed E-state index contributed by atoms with van der Waals surface area (Å²) in [7, 11) is 0. The van der Waals surface area contributed by atoms with E-state index in [-0.39, 0.29) is 30.5 Å². The molecule has 0 N–H and O–H groups in total. The molecule has 192 valence electrons. The first kappa shape index (κ1) is 25.5. The number of aryl methyl sites for hydroxylation is 1. The molecule has 0 spiro atoms. The van der Waals surface area contributed by atoms with Crippen LogP contribution in [-0.2, 0) is 6.54 Å². The normalized spacial score (nSPS) is 12.7. The van der Waals surface area contributed by atoms with E-state index in [2.05, 4.69) is 0 Å². The predicted molar refractivity (Wildman–Crippen MR) is 149 cm³/mol. The van der Waals surface area contributed by atoms with Crippen LogP contribution >= 0.6 is 11.8 Å². The summed E-state index contributed by atoms with van der Waals surface area (Å²) in [6, 6.07) is 23.6. The first-order chi connectivity index (χ1) is 18.4. The number of thioether (sulfide) groups is 1. The number of hydrogen-bond acceptors (Lipinski definition) is 5. The molecule has 1 aliphatic heterocycles. The molecule has 0 saturated heterocycles. The number of hydrogen-bond donors (Lipinski definition) is 0. The fraction of sp³-hybridized carbons (Fsp3) is 0.200. The van der Waals surface area contributed by atoms with E-state index in [1.807, 2.05) is 61.7 Å². The van der Waals surface area contributed by atoms with Crippen LogP contribution in [-0.4, -0.2) is 38.6 Å². The van der Waals surface area contributed by atoms with Gasteiger partial charge in [0.1, 0.15) is 0 Å². The van der Waals surface area contributed by atoms with Gasteiger partial charge >= 0.3 is 5.69 Å². The fourth-order valence-corrected chi connectivity index (χ4v) is 5.09. The number of carbonyl (C=O) groups excluding carboxylic acids is 2. The Morgan fingerprint density at radius 3 is 1.95 bits per heavy atom. The molecule has 3 aromatic carbocycles. The average Bonchev–Trinajstić information content (AvgIpc) is 3.18. The van der Waals surface area contributed by atoms with E-state index >= 15 is 0 Å². The highest BCUT2D eigenvalue weighted by Crippen LogP contribution is 2.25. The van der Waals surface area contributed by atoms with E-state index in [4.69, 9.17) is 0 Å². The zero-order valence-electron chi connectivity index (χ0n) is 21.2. The second-order valence-corrected chi connectivity index (χ2v) is 10.1. The van der Waals surface area contributed by atoms with Gasteiger partial charge in [-0.2, -0.15) is 0 Å². The monoisotopic (exact) mass is 525 g/mol. The van der Waals surface area contributed by atoms with E-state index in [1.165, 1.54) is 15.5 Å². The van der Waals surface area contributed by atoms with Crippen LogP contribution in [0.2, 0.25) is 0 Å². The quantitative estimate of drug-likeness (QED) is 0.188. The van der Waals surface area contributed by atoms with Crippen molar-refractivity contribution in [2.75, 3.05) is 12.8 Å². The summed E-state index contributed by atoms with van der Waals surface area (Å²) in [6.45, 7) is 2.38. The second kappa shape index (κ2) is 10.7. The highest BCUT2D eigenvalue weighted by atomic mass is 32.2. The van der Waals surface area contributed by atoms with Gasteiger partial charge in [0.2, 0.25) is 0 Å². The molecule has 0 saturated carbocycles. The van der Waals surface area contributed by atoms with E-state index in [0.29, 0.717) is 35.3 Å². The summed E-state index contributed by atoms with van der Waals surface area (Å²) in [5, 5.41) is 0. The molecule has 5 rings (SSSR count). The molecule has 0 aliphatic carbocycles. The van der Waals surface area contributed by atoms with Crippen LogP contribution in [0.1, 0.15) is 39.1 Å². The zero-order valence-corrected chi connectivity index (χ0v) is 22.0. The first-order valence-corrected chi connectivity index (χ1v) is 13.6. The number of imide groups is 1. The van der Waals surface area contributed by atoms with Crippen LogP contribution < -0.4 is 11.2 Å². The Morgan fingerprint density at radius 2 is 1.34 bits per heavy atom. The molecule has 1 aliphatic rings. The van der Waals surface area contributed by atoms with Crippen molar-refractivity contribution in [3.63, 3.8) is 0 Å². The third-order valence-electron chi connectivity index (χ3n) is 6.76. The summed E-state index contributed by atoms with van der Waals surface area (Å²) in [5.74, 6) is -0.609. The Labute approximate surface area is 224 Å². The lowest BCUT2D eigenvalue weighted by Gasteiger charge is -2.17. The fourth-order valence-electron chi connectivity index (χ4n) is 4.68. The molecule has 2 heterocycles. The maximum absolute atomic E-state index is 13.7. The molecule has 0 bridgehead atoms. The van der Waals surface area contributed by atoms with Gasteiger partial charge in [-0.25, -0.2) is 4.79 Å². The van der Waals surface area contributed by atoms with E-state index < -0.39 is 5.69 Å². The Morgan fingerprint density at radius 1 is 0.737 bits per heavy atom. The minimum Gasteiger partial charge on any atom is -0.274 e. The molecular formula is C30H27N3O4S. The van der Waals surface area contributed by atoms with Crippen molar-refractivity contribution >= 4 is 23.6 Å². The number of benzene rings is 3. The maximum atomic E-state index is 13.7. The molecule has 0 atom stereocenters. The van der Waals surface area contributed by atoms with Gasteiger partial charge in [0.15, 0.2) is 0 Å². The number of amides is 2. The summed E-state index contributed by atoms with van der Waals surface area (Å²) in [5.41, 5.74) is 3.05. The lowest BCUT2D eigenvalue weighted by Crippen LogP contribution is -2.40. The first-order valence-electron chi connectivity index (χ1n) is 12.4. The number of fused-ring (bicyclic) bond motifs is 1. The molecular weight excluding hydrogens is 498 g/mol. The lowest BCUT2D eigenvalue weighted by molar-refractivity contribution is 0.0651. The van der Waals surface area contributed by atoms with E-state index in [0.717, 1.165) is 16.0 Å². The van der Waals surface area contributed by atoms with Crippen LogP contribution in [0, 0.1) is 6.92 Å². The van der Waals surface area contributed by atoms with Crippen molar-refractivity contribution in [2.24, 2.45) is 0 Å². The Kier molecular flexibility index (Phi) is 7.15. The van der Waals surface area contributed by atoms with Crippen LogP contribution in [0.5, 0.6) is 0 Å². The minimum atomic E-state index is -0.425. The molecule has 0 radical (unpaired) electrons. The molecule has 2 amide bonds. The SMILES string of the molecule is CSc1ccc(-c2cc(=O)n(CCCCN3C(=O)c4ccccc4C3=O)c(=O)n2-c2ccc(C)cc2)cc1.